The van der Waals surface area contributed by atoms with Crippen molar-refractivity contribution in [2.45, 2.75) is 20.0 Å². The molecule has 0 saturated heterocycles. The Balaban J connectivity index is 1.72. The highest BCUT2D eigenvalue weighted by Gasteiger charge is 2.17. The van der Waals surface area contributed by atoms with E-state index in [1.54, 1.807) is 21.6 Å². The summed E-state index contributed by atoms with van der Waals surface area (Å²) in [6.45, 7) is 3.11. The molecule has 2 heterocycles. The summed E-state index contributed by atoms with van der Waals surface area (Å²) in [6.07, 6.45) is 3.42. The van der Waals surface area contributed by atoms with Gasteiger partial charge in [0.15, 0.2) is 5.82 Å². The second-order valence-corrected chi connectivity index (χ2v) is 6.43. The molecule has 8 heteroatoms. The number of amides is 1. The van der Waals surface area contributed by atoms with Crippen molar-refractivity contribution < 1.29 is 4.79 Å². The van der Waals surface area contributed by atoms with Gasteiger partial charge in [-0.2, -0.15) is 10.2 Å². The molecule has 3 aromatic rings. The number of nitrogens with one attached hydrogen (secondary N) is 1. The molecule has 2 aromatic heterocycles. The molecule has 0 aliphatic heterocycles. The largest absolute Gasteiger partial charge is 0.304 e. The summed E-state index contributed by atoms with van der Waals surface area (Å²) in [6, 6.07) is 9.34. The molecule has 0 unspecified atom stereocenters. The molecule has 1 N–H and O–H groups in total. The van der Waals surface area contributed by atoms with Gasteiger partial charge in [-0.3, -0.25) is 14.2 Å². The molecule has 1 amide bonds. The van der Waals surface area contributed by atoms with Crippen LogP contribution >= 0.6 is 27.5 Å². The van der Waals surface area contributed by atoms with Crippen LogP contribution in [-0.4, -0.2) is 25.5 Å². The van der Waals surface area contributed by atoms with Gasteiger partial charge in [-0.1, -0.05) is 23.7 Å². The average molecular weight is 409 g/mol. The molecule has 0 spiro atoms. The Labute approximate surface area is 152 Å². The van der Waals surface area contributed by atoms with Gasteiger partial charge in [-0.05, 0) is 40.5 Å². The van der Waals surface area contributed by atoms with Gasteiger partial charge in [0.25, 0.3) is 5.91 Å². The van der Waals surface area contributed by atoms with Crippen LogP contribution in [0.4, 0.5) is 5.82 Å². The number of halogens is 2. The van der Waals surface area contributed by atoms with Crippen molar-refractivity contribution >= 4 is 39.3 Å². The highest BCUT2D eigenvalue weighted by atomic mass is 79.9. The van der Waals surface area contributed by atoms with Crippen LogP contribution < -0.4 is 5.32 Å². The minimum atomic E-state index is -0.255. The van der Waals surface area contributed by atoms with E-state index >= 15 is 0 Å². The van der Waals surface area contributed by atoms with E-state index in [1.807, 2.05) is 37.4 Å². The molecule has 0 saturated carbocycles. The van der Waals surface area contributed by atoms with Gasteiger partial charge >= 0.3 is 0 Å². The summed E-state index contributed by atoms with van der Waals surface area (Å²) in [5.41, 5.74) is 1.51. The molecule has 0 fully saturated rings. The zero-order valence-electron chi connectivity index (χ0n) is 12.9. The van der Waals surface area contributed by atoms with Crippen molar-refractivity contribution in [2.24, 2.45) is 0 Å². The van der Waals surface area contributed by atoms with Crippen LogP contribution in [0.3, 0.4) is 0 Å². The first-order chi connectivity index (χ1) is 11.6. The fraction of sp³-hybridized carbons (Fsp3) is 0.188. The maximum absolute atomic E-state index is 12.4. The lowest BCUT2D eigenvalue weighted by Crippen LogP contribution is -2.18. The zero-order valence-corrected chi connectivity index (χ0v) is 15.3. The van der Waals surface area contributed by atoms with Crippen LogP contribution in [0.2, 0.25) is 5.02 Å². The number of rotatable bonds is 5. The highest BCUT2D eigenvalue weighted by Crippen LogP contribution is 2.18. The fourth-order valence-electron chi connectivity index (χ4n) is 2.34. The number of nitrogens with zero attached hydrogens (tertiary/aromatic N) is 4. The number of hydrogen-bond acceptors (Lipinski definition) is 3. The number of aryl methyl sites for hydroxylation is 1. The molecule has 1 aromatic carbocycles. The van der Waals surface area contributed by atoms with E-state index in [-0.39, 0.29) is 5.91 Å². The molecule has 0 bridgehead atoms. The number of aromatic nitrogens is 4. The molecular weight excluding hydrogens is 394 g/mol. The molecule has 0 aliphatic carbocycles. The number of carbonyl (C=O) groups excluding carboxylic acids is 1. The van der Waals surface area contributed by atoms with Gasteiger partial charge in [0.2, 0.25) is 0 Å². The first-order valence-corrected chi connectivity index (χ1v) is 8.54. The van der Waals surface area contributed by atoms with Crippen LogP contribution in [0.5, 0.6) is 0 Å². The summed E-state index contributed by atoms with van der Waals surface area (Å²) in [5, 5.41) is 12.0. The van der Waals surface area contributed by atoms with E-state index in [1.165, 1.54) is 0 Å². The molecule has 0 aliphatic rings. The normalized spacial score (nSPS) is 10.8. The van der Waals surface area contributed by atoms with Crippen molar-refractivity contribution in [3.63, 3.8) is 0 Å². The predicted molar refractivity (Wildman–Crippen MR) is 96.3 cm³/mol. The maximum Gasteiger partial charge on any atom is 0.276 e. The lowest BCUT2D eigenvalue weighted by Gasteiger charge is -2.05. The van der Waals surface area contributed by atoms with Gasteiger partial charge in [0.1, 0.15) is 5.69 Å². The Kier molecular flexibility index (Phi) is 5.01. The van der Waals surface area contributed by atoms with Crippen LogP contribution in [0.25, 0.3) is 0 Å². The number of benzene rings is 1. The molecular formula is C16H15BrClN5O. The molecule has 0 radical (unpaired) electrons. The first kappa shape index (κ1) is 16.7. The van der Waals surface area contributed by atoms with Crippen molar-refractivity contribution in [1.29, 1.82) is 0 Å². The third kappa shape index (κ3) is 3.68. The lowest BCUT2D eigenvalue weighted by molar-refractivity contribution is 0.101. The van der Waals surface area contributed by atoms with Crippen molar-refractivity contribution in [3.8, 4) is 0 Å². The van der Waals surface area contributed by atoms with E-state index in [4.69, 9.17) is 11.6 Å². The van der Waals surface area contributed by atoms with Crippen LogP contribution in [0.1, 0.15) is 23.0 Å². The number of hydrogen-bond donors (Lipinski definition) is 1. The maximum atomic E-state index is 12.4. The Hall–Kier alpha value is -2.12. The van der Waals surface area contributed by atoms with Crippen molar-refractivity contribution in [2.75, 3.05) is 5.32 Å². The topological polar surface area (TPSA) is 64.7 Å². The van der Waals surface area contributed by atoms with E-state index in [0.29, 0.717) is 34.1 Å². The Bertz CT molecular complexity index is 873. The second-order valence-electron chi connectivity index (χ2n) is 5.14. The second kappa shape index (κ2) is 7.19. The molecule has 3 rings (SSSR count). The minimum absolute atomic E-state index is 0.255. The zero-order chi connectivity index (χ0) is 17.1. The van der Waals surface area contributed by atoms with Gasteiger partial charge < -0.3 is 5.32 Å². The van der Waals surface area contributed by atoms with Crippen LogP contribution in [-0.2, 0) is 13.1 Å². The fourth-order valence-corrected chi connectivity index (χ4v) is 3.03. The summed E-state index contributed by atoms with van der Waals surface area (Å²) in [5.74, 6) is 0.229. The van der Waals surface area contributed by atoms with Crippen LogP contribution in [0.15, 0.2) is 47.2 Å². The summed E-state index contributed by atoms with van der Waals surface area (Å²) >= 11 is 9.33. The van der Waals surface area contributed by atoms with E-state index in [2.05, 4.69) is 31.4 Å². The minimum Gasteiger partial charge on any atom is -0.304 e. The summed E-state index contributed by atoms with van der Waals surface area (Å²) < 4.78 is 4.02. The molecule has 24 heavy (non-hydrogen) atoms. The standard InChI is InChI=1S/C16H15BrClN5O/c1-2-23-15(13(17)9-19-23)16(24)20-14-6-7-22(21-14)10-11-4-3-5-12(18)8-11/h3-9H,2,10H2,1H3,(H,20,21,24). The van der Waals surface area contributed by atoms with E-state index in [9.17, 15) is 4.79 Å². The Morgan fingerprint density at radius 1 is 1.38 bits per heavy atom. The van der Waals surface area contributed by atoms with Gasteiger partial charge in [-0.25, -0.2) is 0 Å². The number of anilines is 1. The van der Waals surface area contributed by atoms with E-state index < -0.39 is 0 Å². The monoisotopic (exact) mass is 407 g/mol. The van der Waals surface area contributed by atoms with E-state index in [0.717, 1.165) is 5.56 Å². The smallest absolute Gasteiger partial charge is 0.276 e. The lowest BCUT2D eigenvalue weighted by atomic mass is 10.2. The third-order valence-corrected chi connectivity index (χ3v) is 4.24. The highest BCUT2D eigenvalue weighted by molar-refractivity contribution is 9.10. The number of carbonyl (C=O) groups is 1. The average Bonchev–Trinajstić information content (AvgIpc) is 3.13. The van der Waals surface area contributed by atoms with Crippen molar-refractivity contribution in [1.82, 2.24) is 19.6 Å². The molecule has 6 nitrogen and oxygen atoms in total. The molecule has 124 valence electrons. The van der Waals surface area contributed by atoms with Gasteiger partial charge in [0, 0.05) is 23.8 Å². The van der Waals surface area contributed by atoms with Crippen molar-refractivity contribution in [3.05, 3.63) is 63.5 Å². The summed E-state index contributed by atoms with van der Waals surface area (Å²) in [4.78, 5) is 12.4. The Morgan fingerprint density at radius 3 is 2.96 bits per heavy atom. The van der Waals surface area contributed by atoms with Crippen LogP contribution in [0, 0.1) is 0 Å². The molecule has 0 atom stereocenters. The predicted octanol–water partition coefficient (Wildman–Crippen LogP) is 3.82. The Morgan fingerprint density at radius 2 is 2.21 bits per heavy atom. The quantitative estimate of drug-likeness (QED) is 0.698. The van der Waals surface area contributed by atoms with Gasteiger partial charge in [-0.15, -0.1) is 0 Å². The first-order valence-electron chi connectivity index (χ1n) is 7.37. The SMILES string of the molecule is CCn1ncc(Br)c1C(=O)Nc1ccn(Cc2cccc(Cl)c2)n1. The summed E-state index contributed by atoms with van der Waals surface area (Å²) in [7, 11) is 0. The van der Waals surface area contributed by atoms with Gasteiger partial charge in [0.05, 0.1) is 17.2 Å². The third-order valence-electron chi connectivity index (χ3n) is 3.43.